The van der Waals surface area contributed by atoms with E-state index in [0.717, 1.165) is 8.88 Å². The third kappa shape index (κ3) is 2.01. The predicted molar refractivity (Wildman–Crippen MR) is 40.6 cm³/mol. The summed E-state index contributed by atoms with van der Waals surface area (Å²) >= 11 is 0. The summed E-state index contributed by atoms with van der Waals surface area (Å²) in [6.45, 7) is 0. The maximum absolute atomic E-state index is 4.23. The molecule has 0 bridgehead atoms. The standard InChI is InChI=1S/C2H8N3P3/c1-4-6-3-7-5(2)8-4/h6,8H,1-2H3/p+1. The Labute approximate surface area is 54.5 Å². The first-order valence-electron chi connectivity index (χ1n) is 2.29. The van der Waals surface area contributed by atoms with Gasteiger partial charge in [0, 0.05) is 7.05 Å². The molecule has 1 rings (SSSR count). The molecule has 8 heavy (non-hydrogen) atoms. The minimum atomic E-state index is 0.699. The van der Waals surface area contributed by atoms with E-state index in [1.165, 1.54) is 13.0 Å². The van der Waals surface area contributed by atoms with E-state index in [-0.39, 0.29) is 0 Å². The van der Waals surface area contributed by atoms with E-state index >= 15 is 0 Å². The van der Waals surface area contributed by atoms with Gasteiger partial charge in [-0.15, -0.1) is 0 Å². The van der Waals surface area contributed by atoms with E-state index in [2.05, 4.69) is 23.1 Å². The van der Waals surface area contributed by atoms with Crippen molar-refractivity contribution < 1.29 is 4.44 Å². The Balaban J connectivity index is 2.42. The molecule has 6 heteroatoms. The number of nitrogens with zero attached hydrogens (tertiary/aromatic N) is 2. The van der Waals surface area contributed by atoms with Crippen LogP contribution in [0.1, 0.15) is 0 Å². The van der Waals surface area contributed by atoms with E-state index in [9.17, 15) is 0 Å². The largest absolute Gasteiger partial charge is 0.281 e. The normalized spacial score (nSPS) is 39.0. The average molecular weight is 168 g/mol. The number of rotatable bonds is 0. The Hall–Kier alpha value is 0.880. The minimum absolute atomic E-state index is 0.699. The van der Waals surface area contributed by atoms with Crippen LogP contribution in [0.2, 0.25) is 0 Å². The van der Waals surface area contributed by atoms with Gasteiger partial charge >= 0.3 is 0 Å². The van der Waals surface area contributed by atoms with Crippen LogP contribution < -0.4 is 4.44 Å². The van der Waals surface area contributed by atoms with Crippen molar-refractivity contribution in [2.75, 3.05) is 14.1 Å². The monoisotopic (exact) mass is 168 g/mol. The molecule has 0 radical (unpaired) electrons. The molecule has 0 aromatic heterocycles. The van der Waals surface area contributed by atoms with Crippen LogP contribution in [0.25, 0.3) is 0 Å². The second kappa shape index (κ2) is 3.15. The highest BCUT2D eigenvalue weighted by atomic mass is 31.2. The van der Waals surface area contributed by atoms with Gasteiger partial charge in [-0.2, -0.15) is 4.52 Å². The van der Waals surface area contributed by atoms with Gasteiger partial charge in [-0.3, -0.25) is 4.44 Å². The van der Waals surface area contributed by atoms with Crippen LogP contribution in [0, 0.1) is 0 Å². The van der Waals surface area contributed by atoms with E-state index in [1.807, 2.05) is 0 Å². The van der Waals surface area contributed by atoms with Crippen LogP contribution >= 0.6 is 26.3 Å². The lowest BCUT2D eigenvalue weighted by Gasteiger charge is -2.16. The molecule has 1 aliphatic rings. The van der Waals surface area contributed by atoms with Gasteiger partial charge in [0.25, 0.3) is 8.52 Å². The molecule has 0 amide bonds. The highest BCUT2D eigenvalue weighted by Gasteiger charge is 2.10. The Kier molecular flexibility index (Phi) is 2.75. The van der Waals surface area contributed by atoms with Crippen LogP contribution in [-0.4, -0.2) is 18.5 Å². The Morgan fingerprint density at radius 1 is 1.75 bits per heavy atom. The van der Waals surface area contributed by atoms with Crippen LogP contribution in [0.5, 0.6) is 0 Å². The van der Waals surface area contributed by atoms with Crippen molar-refractivity contribution in [3.63, 3.8) is 0 Å². The highest BCUT2D eigenvalue weighted by molar-refractivity contribution is 7.55. The first-order chi connectivity index (χ1) is 3.79. The van der Waals surface area contributed by atoms with Gasteiger partial charge in [0.05, 0.1) is 15.9 Å². The quantitative estimate of drug-likeness (QED) is 0.522. The highest BCUT2D eigenvalue weighted by Crippen LogP contribution is 2.32. The first kappa shape index (κ1) is 6.99. The van der Waals surface area contributed by atoms with Crippen molar-refractivity contribution in [1.29, 1.82) is 0 Å². The first-order valence-corrected chi connectivity index (χ1v) is 4.98. The predicted octanol–water partition coefficient (Wildman–Crippen LogP) is 0.508. The van der Waals surface area contributed by atoms with Crippen molar-refractivity contribution in [3.8, 4) is 0 Å². The summed E-state index contributed by atoms with van der Waals surface area (Å²) in [6.07, 6.45) is 0. The molecule has 1 heterocycles. The summed E-state index contributed by atoms with van der Waals surface area (Å²) in [5, 5.41) is 0. The number of quaternary nitrogens is 1. The molecule has 0 spiro atoms. The number of hydrogen-bond donors (Lipinski definition) is 1. The minimum Gasteiger partial charge on any atom is -0.251 e. The molecule has 0 fully saturated rings. The van der Waals surface area contributed by atoms with E-state index < -0.39 is 0 Å². The van der Waals surface area contributed by atoms with E-state index in [0.29, 0.717) is 8.88 Å². The fraction of sp³-hybridized carbons (Fsp3) is 1.00. The van der Waals surface area contributed by atoms with Crippen molar-refractivity contribution in [3.05, 3.63) is 0 Å². The summed E-state index contributed by atoms with van der Waals surface area (Å²) in [5.41, 5.74) is 0. The SMILES string of the molecule is CN1PN=P[NH+](C)P1. The summed E-state index contributed by atoms with van der Waals surface area (Å²) in [5.74, 6) is 0. The zero-order chi connectivity index (χ0) is 5.98. The van der Waals surface area contributed by atoms with Gasteiger partial charge in [0.1, 0.15) is 0 Å². The molecule has 3 nitrogen and oxygen atoms in total. The smallest absolute Gasteiger partial charge is 0.251 e. The lowest BCUT2D eigenvalue weighted by molar-refractivity contribution is -0.580. The molecule has 46 valence electrons. The lowest BCUT2D eigenvalue weighted by atomic mass is 11.6. The fourth-order valence-corrected chi connectivity index (χ4v) is 4.72. The number of nitrogens with one attached hydrogen (secondary N) is 1. The topological polar surface area (TPSA) is 20.0 Å². The second-order valence-electron chi connectivity index (χ2n) is 1.56. The van der Waals surface area contributed by atoms with Gasteiger partial charge in [0.2, 0.25) is 0 Å². The average Bonchev–Trinajstić information content (AvgIpc) is 1.64. The Morgan fingerprint density at radius 3 is 2.88 bits per heavy atom. The molecule has 3 atom stereocenters. The molecule has 0 aromatic rings. The van der Waals surface area contributed by atoms with Crippen molar-refractivity contribution >= 4 is 26.3 Å². The van der Waals surface area contributed by atoms with Crippen LogP contribution in [0.15, 0.2) is 4.52 Å². The van der Waals surface area contributed by atoms with Crippen LogP contribution in [0.4, 0.5) is 0 Å². The maximum atomic E-state index is 4.23. The molecule has 0 aromatic carbocycles. The summed E-state index contributed by atoms with van der Waals surface area (Å²) in [4.78, 5) is 0. The van der Waals surface area contributed by atoms with Gasteiger partial charge < -0.3 is 0 Å². The van der Waals surface area contributed by atoms with Crippen LogP contribution in [0.3, 0.4) is 0 Å². The molecule has 0 aliphatic carbocycles. The van der Waals surface area contributed by atoms with Gasteiger partial charge in [-0.25, -0.2) is 4.44 Å². The van der Waals surface area contributed by atoms with Crippen molar-refractivity contribution in [2.24, 2.45) is 4.52 Å². The third-order valence-electron chi connectivity index (χ3n) is 0.724. The molecule has 0 saturated heterocycles. The van der Waals surface area contributed by atoms with Gasteiger partial charge in [-0.05, 0) is 0 Å². The molecule has 1 aliphatic heterocycles. The lowest BCUT2D eigenvalue weighted by Crippen LogP contribution is -2.91. The number of hydrogen-bond acceptors (Lipinski definition) is 2. The summed E-state index contributed by atoms with van der Waals surface area (Å²) < 4.78 is 7.97. The molecular weight excluding hydrogens is 159 g/mol. The Bertz CT molecular complexity index is 105. The second-order valence-corrected chi connectivity index (χ2v) is 6.61. The zero-order valence-corrected chi connectivity index (χ0v) is 7.74. The van der Waals surface area contributed by atoms with E-state index in [4.69, 9.17) is 0 Å². The maximum Gasteiger partial charge on any atom is 0.281 e. The van der Waals surface area contributed by atoms with E-state index in [1.54, 1.807) is 0 Å². The van der Waals surface area contributed by atoms with Gasteiger partial charge in [-0.1, -0.05) is 0 Å². The Morgan fingerprint density at radius 2 is 2.50 bits per heavy atom. The third-order valence-corrected chi connectivity index (χ3v) is 3.98. The van der Waals surface area contributed by atoms with Gasteiger partial charge in [0.15, 0.2) is 8.88 Å². The van der Waals surface area contributed by atoms with Crippen LogP contribution in [-0.2, 0) is 0 Å². The van der Waals surface area contributed by atoms with Crippen molar-refractivity contribution in [2.45, 2.75) is 0 Å². The molecular formula is C2H9N3P3+. The zero-order valence-electron chi connectivity index (χ0n) is 4.84. The molecule has 3 unspecified atom stereocenters. The molecule has 1 N–H and O–H groups in total. The molecule has 0 saturated carbocycles. The summed E-state index contributed by atoms with van der Waals surface area (Å²) in [6, 6.07) is 0. The summed E-state index contributed by atoms with van der Waals surface area (Å²) in [7, 11) is 7.09. The fourth-order valence-electron chi connectivity index (χ4n) is 0.455. The van der Waals surface area contributed by atoms with Crippen molar-refractivity contribution in [1.82, 2.24) is 4.44 Å².